The molecule has 1 unspecified atom stereocenters. The summed E-state index contributed by atoms with van der Waals surface area (Å²) in [5, 5.41) is 2.39. The zero-order valence-corrected chi connectivity index (χ0v) is 31.5. The van der Waals surface area contributed by atoms with Crippen LogP contribution in [0.15, 0.2) is 194 Å². The van der Waals surface area contributed by atoms with E-state index in [-0.39, 0.29) is 6.04 Å². The van der Waals surface area contributed by atoms with Gasteiger partial charge in [-0.05, 0) is 136 Å². The fourth-order valence-electron chi connectivity index (χ4n) is 8.31. The van der Waals surface area contributed by atoms with E-state index < -0.39 is 0 Å². The Balaban J connectivity index is 1.28. The molecule has 56 heavy (non-hydrogen) atoms. The van der Waals surface area contributed by atoms with Crippen LogP contribution in [-0.2, 0) is 0 Å². The van der Waals surface area contributed by atoms with E-state index >= 15 is 0 Å². The van der Waals surface area contributed by atoms with Crippen molar-refractivity contribution < 1.29 is 9.47 Å². The first-order valence-corrected chi connectivity index (χ1v) is 19.1. The molecule has 1 atom stereocenters. The highest BCUT2D eigenvalue weighted by atomic mass is 16.5. The number of benzene rings is 8. The van der Waals surface area contributed by atoms with E-state index in [1.54, 1.807) is 14.2 Å². The highest BCUT2D eigenvalue weighted by Gasteiger charge is 2.32. The van der Waals surface area contributed by atoms with Crippen LogP contribution in [0.4, 0.5) is 28.4 Å². The molecule has 8 aromatic rings. The van der Waals surface area contributed by atoms with E-state index in [1.807, 2.05) is 12.1 Å². The zero-order chi connectivity index (χ0) is 37.8. The van der Waals surface area contributed by atoms with Crippen molar-refractivity contribution in [2.75, 3.05) is 24.0 Å². The fraction of sp³-hybridized carbons (Fsp3) is 0.0769. The number of fused-ring (bicyclic) bond motifs is 2. The molecule has 0 radical (unpaired) electrons. The predicted octanol–water partition coefficient (Wildman–Crippen LogP) is 14.0. The van der Waals surface area contributed by atoms with Crippen LogP contribution in [0.5, 0.6) is 11.5 Å². The summed E-state index contributed by atoms with van der Waals surface area (Å²) < 4.78 is 11.6. The molecule has 0 fully saturated rings. The molecule has 1 aliphatic rings. The quantitative estimate of drug-likeness (QED) is 0.140. The molecule has 0 saturated heterocycles. The predicted molar refractivity (Wildman–Crippen MR) is 234 cm³/mol. The Morgan fingerprint density at radius 2 is 0.893 bits per heavy atom. The topological polar surface area (TPSA) is 24.9 Å². The lowest BCUT2D eigenvalue weighted by Crippen LogP contribution is -2.26. The van der Waals surface area contributed by atoms with Crippen molar-refractivity contribution in [1.82, 2.24) is 0 Å². The summed E-state index contributed by atoms with van der Waals surface area (Å²) >= 11 is 0. The average molecular weight is 727 g/mol. The van der Waals surface area contributed by atoms with Crippen LogP contribution in [0.25, 0.3) is 39.1 Å². The van der Waals surface area contributed by atoms with E-state index in [0.29, 0.717) is 0 Å². The summed E-state index contributed by atoms with van der Waals surface area (Å²) in [6.45, 7) is 0. The summed E-state index contributed by atoms with van der Waals surface area (Å²) in [6, 6.07) is 66.7. The van der Waals surface area contributed by atoms with Gasteiger partial charge in [0, 0.05) is 28.4 Å². The Morgan fingerprint density at radius 3 is 1.45 bits per heavy atom. The van der Waals surface area contributed by atoms with Crippen molar-refractivity contribution >= 4 is 45.3 Å². The van der Waals surface area contributed by atoms with Crippen molar-refractivity contribution in [3.8, 4) is 33.8 Å². The molecule has 0 bridgehead atoms. The molecule has 9 rings (SSSR count). The number of rotatable bonds is 10. The standard InChI is InChI=1S/C52H42N2O2/c1-55-44-25-14-17-37(35-44)50-46-27-12-13-28-47(46)51(38-18-15-26-45(36-38)56-2)52-48(50)29-16-30-49(52)54(41-23-10-5-11-24-41)43-33-31-42(32-34-43)53(39-19-6-3-7-20-39)40-21-8-4-9-22-40/h3-29,31-36,49H,30H2,1-2H3. The number of ether oxygens (including phenoxy) is 2. The summed E-state index contributed by atoms with van der Waals surface area (Å²) in [7, 11) is 3.47. The fourth-order valence-corrected chi connectivity index (χ4v) is 8.31. The van der Waals surface area contributed by atoms with Gasteiger partial charge in [0.15, 0.2) is 0 Å². The SMILES string of the molecule is COc1cccc(-c2c3c(c(-c4cccc(OC)c4)c4ccccc24)C(N(c2ccccc2)c2ccc(N(c4ccccc4)c4ccccc4)cc2)CC=C3)c1. The van der Waals surface area contributed by atoms with Gasteiger partial charge in [-0.1, -0.05) is 115 Å². The highest BCUT2D eigenvalue weighted by Crippen LogP contribution is 2.52. The van der Waals surface area contributed by atoms with Crippen LogP contribution in [0, 0.1) is 0 Å². The van der Waals surface area contributed by atoms with Crippen molar-refractivity contribution in [1.29, 1.82) is 0 Å². The third kappa shape index (κ3) is 6.46. The number of hydrogen-bond acceptors (Lipinski definition) is 4. The van der Waals surface area contributed by atoms with Gasteiger partial charge in [0.2, 0.25) is 0 Å². The van der Waals surface area contributed by atoms with Gasteiger partial charge in [0.05, 0.1) is 20.3 Å². The molecule has 0 aromatic heterocycles. The number of methoxy groups -OCH3 is 2. The number of hydrogen-bond donors (Lipinski definition) is 0. The van der Waals surface area contributed by atoms with Gasteiger partial charge in [0.1, 0.15) is 11.5 Å². The van der Waals surface area contributed by atoms with Gasteiger partial charge in [-0.2, -0.15) is 0 Å². The van der Waals surface area contributed by atoms with Crippen molar-refractivity contribution in [2.45, 2.75) is 12.5 Å². The molecule has 0 heterocycles. The normalized spacial score (nSPS) is 13.2. The van der Waals surface area contributed by atoms with Crippen LogP contribution in [0.3, 0.4) is 0 Å². The van der Waals surface area contributed by atoms with E-state index in [4.69, 9.17) is 9.47 Å². The second-order valence-corrected chi connectivity index (χ2v) is 14.0. The lowest BCUT2D eigenvalue weighted by atomic mass is 9.77. The molecular formula is C52H42N2O2. The summed E-state index contributed by atoms with van der Waals surface area (Å²) in [5.74, 6) is 1.66. The minimum atomic E-state index is -0.0437. The molecule has 0 aliphatic heterocycles. The summed E-state index contributed by atoms with van der Waals surface area (Å²) in [4.78, 5) is 4.83. The maximum Gasteiger partial charge on any atom is 0.119 e. The van der Waals surface area contributed by atoms with Gasteiger partial charge in [-0.15, -0.1) is 0 Å². The van der Waals surface area contributed by atoms with Gasteiger partial charge < -0.3 is 19.3 Å². The lowest BCUT2D eigenvalue weighted by molar-refractivity contribution is 0.415. The maximum absolute atomic E-state index is 5.82. The van der Waals surface area contributed by atoms with Gasteiger partial charge in [-0.3, -0.25) is 0 Å². The Morgan fingerprint density at radius 1 is 0.446 bits per heavy atom. The summed E-state index contributed by atoms with van der Waals surface area (Å²) in [6.07, 6.45) is 5.49. The van der Waals surface area contributed by atoms with Gasteiger partial charge in [-0.25, -0.2) is 0 Å². The van der Waals surface area contributed by atoms with Gasteiger partial charge in [0.25, 0.3) is 0 Å². The molecule has 0 N–H and O–H groups in total. The van der Waals surface area contributed by atoms with E-state index in [2.05, 4.69) is 198 Å². The first-order valence-electron chi connectivity index (χ1n) is 19.1. The Labute approximate surface area is 329 Å². The smallest absolute Gasteiger partial charge is 0.119 e. The van der Waals surface area contributed by atoms with E-state index in [9.17, 15) is 0 Å². The number of nitrogens with zero attached hydrogens (tertiary/aromatic N) is 2. The van der Waals surface area contributed by atoms with Crippen molar-refractivity contribution in [2.24, 2.45) is 0 Å². The molecule has 0 spiro atoms. The number of anilines is 5. The molecule has 0 saturated carbocycles. The second-order valence-electron chi connectivity index (χ2n) is 14.0. The van der Waals surface area contributed by atoms with Crippen LogP contribution in [-0.4, -0.2) is 14.2 Å². The third-order valence-electron chi connectivity index (χ3n) is 10.7. The first-order chi connectivity index (χ1) is 27.7. The summed E-state index contributed by atoms with van der Waals surface area (Å²) in [5.41, 5.74) is 12.7. The van der Waals surface area contributed by atoms with Crippen molar-refractivity contribution in [3.05, 3.63) is 205 Å². The van der Waals surface area contributed by atoms with E-state index in [0.717, 1.165) is 57.5 Å². The third-order valence-corrected chi connectivity index (χ3v) is 10.7. The second kappa shape index (κ2) is 15.4. The molecular weight excluding hydrogens is 685 g/mol. The Hall–Kier alpha value is -7.04. The van der Waals surface area contributed by atoms with E-state index in [1.165, 1.54) is 33.0 Å². The van der Waals surface area contributed by atoms with Crippen molar-refractivity contribution in [3.63, 3.8) is 0 Å². The molecule has 8 aromatic carbocycles. The van der Waals surface area contributed by atoms with Gasteiger partial charge >= 0.3 is 0 Å². The minimum Gasteiger partial charge on any atom is -0.497 e. The molecule has 272 valence electrons. The molecule has 0 amide bonds. The highest BCUT2D eigenvalue weighted by molar-refractivity contribution is 6.10. The first kappa shape index (κ1) is 34.7. The zero-order valence-electron chi connectivity index (χ0n) is 31.5. The average Bonchev–Trinajstić information content (AvgIpc) is 3.27. The molecule has 4 nitrogen and oxygen atoms in total. The molecule has 1 aliphatic carbocycles. The Kier molecular flexibility index (Phi) is 9.53. The Bertz CT molecular complexity index is 2600. The minimum absolute atomic E-state index is 0.0437. The van der Waals surface area contributed by atoms with Crippen LogP contribution >= 0.6 is 0 Å². The number of para-hydroxylation sites is 3. The maximum atomic E-state index is 5.82. The molecule has 4 heteroatoms. The van der Waals surface area contributed by atoms with Crippen LogP contribution < -0.4 is 19.3 Å². The van der Waals surface area contributed by atoms with Crippen LogP contribution in [0.1, 0.15) is 23.6 Å². The lowest BCUT2D eigenvalue weighted by Gasteiger charge is -2.39. The van der Waals surface area contributed by atoms with Crippen LogP contribution in [0.2, 0.25) is 0 Å². The monoisotopic (exact) mass is 726 g/mol. The largest absolute Gasteiger partial charge is 0.497 e.